The summed E-state index contributed by atoms with van der Waals surface area (Å²) in [5.41, 5.74) is 1.06. The first-order valence-corrected chi connectivity index (χ1v) is 4.60. The smallest absolute Gasteiger partial charge is 0.321 e. The zero-order chi connectivity index (χ0) is 11.7. The largest absolute Gasteiger partial charge is 0.479 e. The van der Waals surface area contributed by atoms with Crippen molar-refractivity contribution in [1.29, 1.82) is 0 Å². The fourth-order valence-electron chi connectivity index (χ4n) is 1.48. The van der Waals surface area contributed by atoms with Gasteiger partial charge in [0.2, 0.25) is 5.88 Å². The van der Waals surface area contributed by atoms with Crippen molar-refractivity contribution in [2.75, 3.05) is 21.3 Å². The first-order chi connectivity index (χ1) is 7.71. The Labute approximate surface area is 91.9 Å². The molecular formula is C9H12N4O3. The lowest BCUT2D eigenvalue weighted by molar-refractivity contribution is 0.169. The summed E-state index contributed by atoms with van der Waals surface area (Å²) < 4.78 is 11.6. The minimum absolute atomic E-state index is 0.213. The van der Waals surface area contributed by atoms with E-state index in [2.05, 4.69) is 15.0 Å². The average Bonchev–Trinajstić information content (AvgIpc) is 2.62. The number of aromatic nitrogens is 4. The van der Waals surface area contributed by atoms with Crippen LogP contribution in [0.4, 0.5) is 0 Å². The number of rotatable bonds is 3. The summed E-state index contributed by atoms with van der Waals surface area (Å²) in [6, 6.07) is 0.213. The SMILES string of the molecule is COc1nc(OC)c2c(n1)nc(C)n2OC. The van der Waals surface area contributed by atoms with Crippen LogP contribution in [0.3, 0.4) is 0 Å². The zero-order valence-corrected chi connectivity index (χ0v) is 9.51. The van der Waals surface area contributed by atoms with Gasteiger partial charge in [0.15, 0.2) is 11.2 Å². The molecule has 2 aromatic rings. The van der Waals surface area contributed by atoms with Crippen LogP contribution in [0.5, 0.6) is 11.9 Å². The summed E-state index contributed by atoms with van der Waals surface area (Å²) in [6.45, 7) is 1.80. The molecule has 0 N–H and O–H groups in total. The highest BCUT2D eigenvalue weighted by Gasteiger charge is 2.17. The standard InChI is InChI=1S/C9H12N4O3/c1-5-10-7-6(13(5)16-4)8(14-2)12-9(11-7)15-3/h1-4H3. The van der Waals surface area contributed by atoms with Gasteiger partial charge in [0, 0.05) is 0 Å². The fourth-order valence-corrected chi connectivity index (χ4v) is 1.48. The van der Waals surface area contributed by atoms with Crippen molar-refractivity contribution in [2.45, 2.75) is 6.92 Å². The second-order valence-corrected chi connectivity index (χ2v) is 3.03. The number of aryl methyl sites for hydroxylation is 1. The minimum atomic E-state index is 0.213. The Morgan fingerprint density at radius 2 is 1.75 bits per heavy atom. The molecule has 7 nitrogen and oxygen atoms in total. The van der Waals surface area contributed by atoms with Crippen LogP contribution in [0, 0.1) is 6.92 Å². The second kappa shape index (κ2) is 3.84. The highest BCUT2D eigenvalue weighted by Crippen LogP contribution is 2.24. The van der Waals surface area contributed by atoms with Gasteiger partial charge < -0.3 is 14.3 Å². The lowest BCUT2D eigenvalue weighted by Crippen LogP contribution is -2.08. The van der Waals surface area contributed by atoms with E-state index in [-0.39, 0.29) is 6.01 Å². The van der Waals surface area contributed by atoms with Crippen LogP contribution < -0.4 is 14.3 Å². The van der Waals surface area contributed by atoms with Gasteiger partial charge in [-0.25, -0.2) is 4.98 Å². The van der Waals surface area contributed by atoms with Crippen LogP contribution in [0.1, 0.15) is 5.82 Å². The molecular weight excluding hydrogens is 212 g/mol. The van der Waals surface area contributed by atoms with Crippen LogP contribution in [-0.4, -0.2) is 41.0 Å². The van der Waals surface area contributed by atoms with Crippen molar-refractivity contribution in [3.05, 3.63) is 5.82 Å². The predicted molar refractivity (Wildman–Crippen MR) is 55.7 cm³/mol. The second-order valence-electron chi connectivity index (χ2n) is 3.03. The van der Waals surface area contributed by atoms with Crippen molar-refractivity contribution < 1.29 is 14.3 Å². The van der Waals surface area contributed by atoms with Crippen molar-refractivity contribution in [3.8, 4) is 11.9 Å². The normalized spacial score (nSPS) is 10.5. The monoisotopic (exact) mass is 224 g/mol. The summed E-state index contributed by atoms with van der Waals surface area (Å²) in [7, 11) is 4.54. The summed E-state index contributed by atoms with van der Waals surface area (Å²) >= 11 is 0. The molecule has 7 heteroatoms. The first kappa shape index (κ1) is 10.5. The van der Waals surface area contributed by atoms with Crippen LogP contribution >= 0.6 is 0 Å². The van der Waals surface area contributed by atoms with E-state index in [1.807, 2.05) is 0 Å². The van der Waals surface area contributed by atoms with E-state index in [1.54, 1.807) is 6.92 Å². The zero-order valence-electron chi connectivity index (χ0n) is 9.51. The Balaban J connectivity index is 2.79. The van der Waals surface area contributed by atoms with Gasteiger partial charge in [-0.3, -0.25) is 0 Å². The van der Waals surface area contributed by atoms with Crippen molar-refractivity contribution >= 4 is 11.2 Å². The maximum Gasteiger partial charge on any atom is 0.321 e. The molecule has 0 bridgehead atoms. The molecule has 0 aliphatic heterocycles. The molecule has 0 atom stereocenters. The number of methoxy groups -OCH3 is 2. The van der Waals surface area contributed by atoms with Crippen LogP contribution in [0.2, 0.25) is 0 Å². The van der Waals surface area contributed by atoms with Gasteiger partial charge in [-0.2, -0.15) is 14.7 Å². The Morgan fingerprint density at radius 1 is 1.00 bits per heavy atom. The Kier molecular flexibility index (Phi) is 2.51. The third-order valence-electron chi connectivity index (χ3n) is 2.14. The summed E-state index contributed by atoms with van der Waals surface area (Å²) in [6.07, 6.45) is 0. The van der Waals surface area contributed by atoms with Gasteiger partial charge in [0.1, 0.15) is 12.9 Å². The Bertz CT molecular complexity index is 523. The van der Waals surface area contributed by atoms with E-state index in [9.17, 15) is 0 Å². The molecule has 2 aromatic heterocycles. The lowest BCUT2D eigenvalue weighted by atomic mass is 10.5. The Morgan fingerprint density at radius 3 is 2.31 bits per heavy atom. The van der Waals surface area contributed by atoms with Crippen molar-refractivity contribution in [2.24, 2.45) is 0 Å². The lowest BCUT2D eigenvalue weighted by Gasteiger charge is -2.06. The molecule has 2 rings (SSSR count). The molecule has 0 saturated carbocycles. The van der Waals surface area contributed by atoms with Gasteiger partial charge in [0.25, 0.3) is 0 Å². The average molecular weight is 224 g/mol. The molecule has 86 valence electrons. The predicted octanol–water partition coefficient (Wildman–Crippen LogP) is 0.210. The number of imidazole rings is 1. The molecule has 0 aromatic carbocycles. The number of hydrogen-bond acceptors (Lipinski definition) is 6. The summed E-state index contributed by atoms with van der Waals surface area (Å²) in [5, 5.41) is 0. The fraction of sp³-hybridized carbons (Fsp3) is 0.444. The third-order valence-corrected chi connectivity index (χ3v) is 2.14. The van der Waals surface area contributed by atoms with Gasteiger partial charge in [0.05, 0.1) is 14.2 Å². The molecule has 2 heterocycles. The number of hydrogen-bond donors (Lipinski definition) is 0. The molecule has 0 aliphatic carbocycles. The van der Waals surface area contributed by atoms with Gasteiger partial charge >= 0.3 is 6.01 Å². The van der Waals surface area contributed by atoms with Gasteiger partial charge in [-0.15, -0.1) is 0 Å². The van der Waals surface area contributed by atoms with E-state index in [1.165, 1.54) is 26.1 Å². The maximum atomic E-state index is 5.17. The molecule has 0 saturated heterocycles. The number of fused-ring (bicyclic) bond motifs is 1. The summed E-state index contributed by atoms with van der Waals surface area (Å²) in [4.78, 5) is 17.6. The van der Waals surface area contributed by atoms with E-state index in [0.717, 1.165) is 0 Å². The van der Waals surface area contributed by atoms with E-state index < -0.39 is 0 Å². The van der Waals surface area contributed by atoms with Crippen molar-refractivity contribution in [1.82, 2.24) is 19.7 Å². The molecule has 0 radical (unpaired) electrons. The van der Waals surface area contributed by atoms with Crippen molar-refractivity contribution in [3.63, 3.8) is 0 Å². The molecule has 0 aliphatic rings. The first-order valence-electron chi connectivity index (χ1n) is 4.60. The highest BCUT2D eigenvalue weighted by atomic mass is 16.6. The Hall–Kier alpha value is -2.05. The van der Waals surface area contributed by atoms with Crippen LogP contribution in [0.15, 0.2) is 0 Å². The van der Waals surface area contributed by atoms with E-state index >= 15 is 0 Å². The molecule has 0 unspecified atom stereocenters. The topological polar surface area (TPSA) is 71.3 Å². The molecule has 0 fully saturated rings. The van der Waals surface area contributed by atoms with E-state index in [0.29, 0.717) is 22.9 Å². The highest BCUT2D eigenvalue weighted by molar-refractivity contribution is 5.77. The van der Waals surface area contributed by atoms with Crippen LogP contribution in [-0.2, 0) is 0 Å². The number of nitrogens with zero attached hydrogens (tertiary/aromatic N) is 4. The quantitative estimate of drug-likeness (QED) is 0.742. The van der Waals surface area contributed by atoms with Gasteiger partial charge in [-0.05, 0) is 6.92 Å². The maximum absolute atomic E-state index is 5.17. The molecule has 0 amide bonds. The van der Waals surface area contributed by atoms with Crippen LogP contribution in [0.25, 0.3) is 11.2 Å². The van der Waals surface area contributed by atoms with E-state index in [4.69, 9.17) is 14.3 Å². The van der Waals surface area contributed by atoms with Gasteiger partial charge in [-0.1, -0.05) is 0 Å². The molecule has 16 heavy (non-hydrogen) atoms. The minimum Gasteiger partial charge on any atom is -0.479 e. The third kappa shape index (κ3) is 1.40. The summed E-state index contributed by atoms with van der Waals surface area (Å²) in [5.74, 6) is 1.03. The number of ether oxygens (including phenoxy) is 2. The molecule has 0 spiro atoms.